The molecule has 2 saturated heterocycles. The zero-order chi connectivity index (χ0) is 16.2. The molecule has 0 aliphatic carbocycles. The van der Waals surface area contributed by atoms with Gasteiger partial charge in [0.2, 0.25) is 5.91 Å². The van der Waals surface area contributed by atoms with E-state index in [1.165, 1.54) is 5.56 Å². The molecule has 0 saturated carbocycles. The van der Waals surface area contributed by atoms with E-state index in [1.54, 1.807) is 0 Å². The Labute approximate surface area is 138 Å². The van der Waals surface area contributed by atoms with Crippen LogP contribution in [-0.2, 0) is 9.53 Å². The van der Waals surface area contributed by atoms with Gasteiger partial charge in [-0.3, -0.25) is 14.6 Å². The molecule has 0 aromatic heterocycles. The highest BCUT2D eigenvalue weighted by Gasteiger charge is 2.27. The smallest absolute Gasteiger partial charge is 0.238 e. The topological polar surface area (TPSA) is 44.8 Å². The summed E-state index contributed by atoms with van der Waals surface area (Å²) in [4.78, 5) is 17.0. The van der Waals surface area contributed by atoms with Gasteiger partial charge in [-0.25, -0.2) is 0 Å². The molecule has 0 radical (unpaired) electrons. The summed E-state index contributed by atoms with van der Waals surface area (Å²) < 4.78 is 5.47. The van der Waals surface area contributed by atoms with Gasteiger partial charge in [0.15, 0.2) is 0 Å². The van der Waals surface area contributed by atoms with Crippen molar-refractivity contribution in [3.8, 4) is 0 Å². The van der Waals surface area contributed by atoms with Crippen LogP contribution in [0.1, 0.15) is 17.5 Å². The number of anilines is 1. The first-order valence-corrected chi connectivity index (χ1v) is 8.53. The van der Waals surface area contributed by atoms with Gasteiger partial charge >= 0.3 is 0 Å². The van der Waals surface area contributed by atoms with Crippen LogP contribution in [0.5, 0.6) is 0 Å². The molecule has 2 heterocycles. The Kier molecular flexibility index (Phi) is 5.30. The number of nitrogens with zero attached hydrogens (tertiary/aromatic N) is 2. The lowest BCUT2D eigenvalue weighted by molar-refractivity contribution is -0.117. The predicted molar refractivity (Wildman–Crippen MR) is 91.8 cm³/mol. The van der Waals surface area contributed by atoms with Crippen LogP contribution in [-0.4, -0.2) is 67.7 Å². The molecular formula is C18H27N3O2. The molecule has 1 aromatic carbocycles. The lowest BCUT2D eigenvalue weighted by Gasteiger charge is -2.37. The normalized spacial score (nSPS) is 23.1. The standard InChI is InChI=1S/C18H27N3O2/c1-14-3-4-15(2)17(11-14)19-18(22)12-20-6-8-21(9-7-20)16-5-10-23-13-16/h3-4,11,16H,5-10,12-13H2,1-2H3,(H,19,22)/t16-/m0/s1. The van der Waals surface area contributed by atoms with E-state index in [0.717, 1.165) is 57.1 Å². The van der Waals surface area contributed by atoms with Crippen molar-refractivity contribution in [1.29, 1.82) is 0 Å². The summed E-state index contributed by atoms with van der Waals surface area (Å²) in [7, 11) is 0. The van der Waals surface area contributed by atoms with Crippen LogP contribution in [0.3, 0.4) is 0 Å². The van der Waals surface area contributed by atoms with Crippen molar-refractivity contribution in [3.63, 3.8) is 0 Å². The van der Waals surface area contributed by atoms with Crippen molar-refractivity contribution in [1.82, 2.24) is 9.80 Å². The Morgan fingerprint density at radius 2 is 2.04 bits per heavy atom. The van der Waals surface area contributed by atoms with Crippen molar-refractivity contribution >= 4 is 11.6 Å². The zero-order valence-corrected chi connectivity index (χ0v) is 14.2. The van der Waals surface area contributed by atoms with E-state index in [4.69, 9.17) is 4.74 Å². The van der Waals surface area contributed by atoms with Crippen LogP contribution in [0.15, 0.2) is 18.2 Å². The lowest BCUT2D eigenvalue weighted by Crippen LogP contribution is -2.52. The summed E-state index contributed by atoms with van der Waals surface area (Å²) >= 11 is 0. The first-order valence-electron chi connectivity index (χ1n) is 8.53. The fourth-order valence-corrected chi connectivity index (χ4v) is 3.36. The molecule has 1 N–H and O–H groups in total. The number of ether oxygens (including phenoxy) is 1. The third-order valence-corrected chi connectivity index (χ3v) is 4.86. The number of rotatable bonds is 4. The first kappa shape index (κ1) is 16.4. The Hall–Kier alpha value is -1.43. The third kappa shape index (κ3) is 4.31. The Morgan fingerprint density at radius 1 is 1.26 bits per heavy atom. The van der Waals surface area contributed by atoms with Crippen molar-refractivity contribution in [2.75, 3.05) is 51.3 Å². The largest absolute Gasteiger partial charge is 0.380 e. The maximum absolute atomic E-state index is 12.3. The summed E-state index contributed by atoms with van der Waals surface area (Å²) in [5.74, 6) is 0.0800. The molecular weight excluding hydrogens is 290 g/mol. The minimum atomic E-state index is 0.0800. The van der Waals surface area contributed by atoms with Gasteiger partial charge in [0, 0.05) is 44.5 Å². The van der Waals surface area contributed by atoms with Crippen molar-refractivity contribution in [3.05, 3.63) is 29.3 Å². The van der Waals surface area contributed by atoms with E-state index in [1.807, 2.05) is 26.0 Å². The Bertz CT molecular complexity index is 547. The fourth-order valence-electron chi connectivity index (χ4n) is 3.36. The maximum Gasteiger partial charge on any atom is 0.238 e. The molecule has 2 aliphatic rings. The second-order valence-corrected chi connectivity index (χ2v) is 6.70. The number of nitrogens with one attached hydrogen (secondary N) is 1. The molecule has 0 spiro atoms. The van der Waals surface area contributed by atoms with Crippen LogP contribution >= 0.6 is 0 Å². The Morgan fingerprint density at radius 3 is 2.74 bits per heavy atom. The average Bonchev–Trinajstić information content (AvgIpc) is 3.06. The van der Waals surface area contributed by atoms with Gasteiger partial charge in [-0.15, -0.1) is 0 Å². The highest BCUT2D eigenvalue weighted by atomic mass is 16.5. The number of piperazine rings is 1. The van der Waals surface area contributed by atoms with Crippen molar-refractivity contribution in [2.45, 2.75) is 26.3 Å². The number of aryl methyl sites for hydroxylation is 2. The van der Waals surface area contributed by atoms with Crippen LogP contribution in [0, 0.1) is 13.8 Å². The van der Waals surface area contributed by atoms with Crippen molar-refractivity contribution in [2.24, 2.45) is 0 Å². The fraction of sp³-hybridized carbons (Fsp3) is 0.611. The van der Waals surface area contributed by atoms with Crippen LogP contribution in [0.2, 0.25) is 0 Å². The minimum Gasteiger partial charge on any atom is -0.380 e. The highest BCUT2D eigenvalue weighted by molar-refractivity contribution is 5.93. The van der Waals surface area contributed by atoms with Gasteiger partial charge < -0.3 is 10.1 Å². The molecule has 1 atom stereocenters. The van der Waals surface area contributed by atoms with E-state index in [2.05, 4.69) is 21.2 Å². The SMILES string of the molecule is Cc1ccc(C)c(NC(=O)CN2CCN([C@H]3CCOC3)CC2)c1. The molecule has 5 heteroatoms. The minimum absolute atomic E-state index is 0.0800. The summed E-state index contributed by atoms with van der Waals surface area (Å²) in [6, 6.07) is 6.73. The number of carbonyl (C=O) groups is 1. The van der Waals surface area contributed by atoms with Crippen LogP contribution < -0.4 is 5.32 Å². The molecule has 3 rings (SSSR count). The number of benzene rings is 1. The van der Waals surface area contributed by atoms with E-state index in [-0.39, 0.29) is 5.91 Å². The van der Waals surface area contributed by atoms with E-state index in [9.17, 15) is 4.79 Å². The molecule has 5 nitrogen and oxygen atoms in total. The molecule has 0 unspecified atom stereocenters. The highest BCUT2D eigenvalue weighted by Crippen LogP contribution is 2.17. The van der Waals surface area contributed by atoms with Gasteiger partial charge in [-0.1, -0.05) is 12.1 Å². The number of hydrogen-bond acceptors (Lipinski definition) is 4. The van der Waals surface area contributed by atoms with Crippen LogP contribution in [0.4, 0.5) is 5.69 Å². The summed E-state index contributed by atoms with van der Waals surface area (Å²) in [5, 5.41) is 3.05. The monoisotopic (exact) mass is 317 g/mol. The van der Waals surface area contributed by atoms with Gasteiger partial charge in [0.1, 0.15) is 0 Å². The molecule has 1 amide bonds. The van der Waals surface area contributed by atoms with Gasteiger partial charge in [0.25, 0.3) is 0 Å². The van der Waals surface area contributed by atoms with Gasteiger partial charge in [-0.05, 0) is 37.5 Å². The van der Waals surface area contributed by atoms with Crippen LogP contribution in [0.25, 0.3) is 0 Å². The second kappa shape index (κ2) is 7.43. The van der Waals surface area contributed by atoms with Gasteiger partial charge in [0.05, 0.1) is 13.2 Å². The van der Waals surface area contributed by atoms with E-state index < -0.39 is 0 Å². The quantitative estimate of drug-likeness (QED) is 0.917. The molecule has 23 heavy (non-hydrogen) atoms. The van der Waals surface area contributed by atoms with Gasteiger partial charge in [-0.2, -0.15) is 0 Å². The number of amides is 1. The number of carbonyl (C=O) groups excluding carboxylic acids is 1. The predicted octanol–water partition coefficient (Wildman–Crippen LogP) is 1.65. The second-order valence-electron chi connectivity index (χ2n) is 6.70. The van der Waals surface area contributed by atoms with E-state index in [0.29, 0.717) is 12.6 Å². The average molecular weight is 317 g/mol. The maximum atomic E-state index is 12.3. The zero-order valence-electron chi connectivity index (χ0n) is 14.2. The number of hydrogen-bond donors (Lipinski definition) is 1. The summed E-state index contributed by atoms with van der Waals surface area (Å²) in [6.45, 7) is 10.3. The van der Waals surface area contributed by atoms with Crippen molar-refractivity contribution < 1.29 is 9.53 Å². The molecule has 2 fully saturated rings. The molecule has 0 bridgehead atoms. The summed E-state index contributed by atoms with van der Waals surface area (Å²) in [5.41, 5.74) is 3.20. The third-order valence-electron chi connectivity index (χ3n) is 4.86. The first-order chi connectivity index (χ1) is 11.1. The molecule has 1 aromatic rings. The molecule has 126 valence electrons. The van der Waals surface area contributed by atoms with E-state index >= 15 is 0 Å². The molecule has 2 aliphatic heterocycles. The Balaban J connectivity index is 1.46. The lowest BCUT2D eigenvalue weighted by atomic mass is 10.1. The summed E-state index contributed by atoms with van der Waals surface area (Å²) in [6.07, 6.45) is 1.15.